The van der Waals surface area contributed by atoms with Crippen LogP contribution in [-0.2, 0) is 0 Å². The van der Waals surface area contributed by atoms with E-state index >= 15 is 0 Å². The summed E-state index contributed by atoms with van der Waals surface area (Å²) in [7, 11) is 0. The maximum Gasteiger partial charge on any atom is 0.253 e. The number of pyridine rings is 1. The van der Waals surface area contributed by atoms with Crippen LogP contribution in [0, 0.1) is 0 Å². The number of nitrogens with zero attached hydrogens (tertiary/aromatic N) is 1. The molecule has 2 aromatic rings. The molecule has 0 saturated carbocycles. The summed E-state index contributed by atoms with van der Waals surface area (Å²) in [4.78, 5) is 16.4. The highest BCUT2D eigenvalue weighted by Crippen LogP contribution is 2.21. The van der Waals surface area contributed by atoms with Crippen LogP contribution in [0.15, 0.2) is 47.1 Å². The number of carbonyl (C=O) groups is 1. The molecule has 1 aromatic carbocycles. The predicted octanol–water partition coefficient (Wildman–Crippen LogP) is 3.96. The van der Waals surface area contributed by atoms with Crippen molar-refractivity contribution in [1.82, 2.24) is 15.6 Å². The normalized spacial score (nSPS) is 14.0. The number of aromatic nitrogens is 1. The maximum atomic E-state index is 12.2. The number of piperidine rings is 1. The van der Waals surface area contributed by atoms with E-state index < -0.39 is 0 Å². The lowest BCUT2D eigenvalue weighted by Crippen LogP contribution is -2.42. The van der Waals surface area contributed by atoms with Gasteiger partial charge in [0.2, 0.25) is 5.88 Å². The van der Waals surface area contributed by atoms with Gasteiger partial charge in [0.25, 0.3) is 5.91 Å². The highest BCUT2D eigenvalue weighted by molar-refractivity contribution is 9.10. The van der Waals surface area contributed by atoms with Crippen molar-refractivity contribution >= 4 is 46.7 Å². The van der Waals surface area contributed by atoms with E-state index in [9.17, 15) is 4.79 Å². The van der Waals surface area contributed by atoms with Gasteiger partial charge in [-0.15, -0.1) is 24.8 Å². The SMILES string of the molecule is Cl.Cl.O=C(NC1CCNCC1)c1ccc(Oc2ccc(Br)cc2)nc1. The Labute approximate surface area is 167 Å². The standard InChI is InChI=1S/C17H18BrN3O2.2ClH/c18-13-2-4-15(5-3-13)23-16-6-1-12(11-20-16)17(22)21-14-7-9-19-10-8-14;;/h1-6,11,14,19H,7-10H2,(H,21,22);2*1H. The zero-order chi connectivity index (χ0) is 16.1. The molecule has 3 rings (SSSR count). The zero-order valence-electron chi connectivity index (χ0n) is 13.4. The Morgan fingerprint density at radius 1 is 1.12 bits per heavy atom. The van der Waals surface area contributed by atoms with Crippen molar-refractivity contribution in [2.24, 2.45) is 0 Å². The lowest BCUT2D eigenvalue weighted by Gasteiger charge is -2.23. The van der Waals surface area contributed by atoms with Crippen LogP contribution in [0.25, 0.3) is 0 Å². The number of halogens is 3. The Balaban J connectivity index is 0.00000156. The third-order valence-corrected chi connectivity index (χ3v) is 4.24. The largest absolute Gasteiger partial charge is 0.439 e. The van der Waals surface area contributed by atoms with E-state index in [1.807, 2.05) is 24.3 Å². The van der Waals surface area contributed by atoms with Gasteiger partial charge in [-0.2, -0.15) is 0 Å². The third-order valence-electron chi connectivity index (χ3n) is 3.71. The number of ether oxygens (including phenoxy) is 1. The Kier molecular flexibility index (Phi) is 9.21. The molecule has 2 N–H and O–H groups in total. The Hall–Kier alpha value is -1.34. The summed E-state index contributed by atoms with van der Waals surface area (Å²) in [6.45, 7) is 1.90. The molecule has 1 saturated heterocycles. The van der Waals surface area contributed by atoms with E-state index in [0.29, 0.717) is 17.2 Å². The minimum absolute atomic E-state index is 0. The van der Waals surface area contributed by atoms with E-state index in [1.54, 1.807) is 18.3 Å². The van der Waals surface area contributed by atoms with Gasteiger partial charge in [0.15, 0.2) is 0 Å². The number of hydrogen-bond acceptors (Lipinski definition) is 4. The topological polar surface area (TPSA) is 63.2 Å². The molecule has 5 nitrogen and oxygen atoms in total. The molecule has 0 atom stereocenters. The van der Waals surface area contributed by atoms with Crippen LogP contribution in [0.2, 0.25) is 0 Å². The molecule has 136 valence electrons. The second-order valence-electron chi connectivity index (χ2n) is 5.44. The summed E-state index contributed by atoms with van der Waals surface area (Å²) in [5.74, 6) is 1.08. The summed E-state index contributed by atoms with van der Waals surface area (Å²) in [6, 6.07) is 11.2. The average molecular weight is 449 g/mol. The first kappa shape index (κ1) is 21.7. The fourth-order valence-electron chi connectivity index (χ4n) is 2.43. The van der Waals surface area contributed by atoms with Crippen LogP contribution in [0.1, 0.15) is 23.2 Å². The molecule has 1 aromatic heterocycles. The number of carbonyl (C=O) groups excluding carboxylic acids is 1. The van der Waals surface area contributed by atoms with Crippen LogP contribution < -0.4 is 15.4 Å². The first-order valence-corrected chi connectivity index (χ1v) is 8.41. The molecule has 0 bridgehead atoms. The number of benzene rings is 1. The molecule has 2 heterocycles. The maximum absolute atomic E-state index is 12.2. The van der Waals surface area contributed by atoms with Crippen LogP contribution in [-0.4, -0.2) is 30.0 Å². The van der Waals surface area contributed by atoms with E-state index in [1.165, 1.54) is 0 Å². The summed E-state index contributed by atoms with van der Waals surface area (Å²) >= 11 is 3.38. The van der Waals surface area contributed by atoms with Crippen LogP contribution in [0.3, 0.4) is 0 Å². The summed E-state index contributed by atoms with van der Waals surface area (Å²) in [5, 5.41) is 6.32. The molecule has 1 aliphatic rings. The van der Waals surface area contributed by atoms with Crippen molar-refractivity contribution in [3.63, 3.8) is 0 Å². The highest BCUT2D eigenvalue weighted by atomic mass is 79.9. The third kappa shape index (κ3) is 6.47. The molecule has 0 radical (unpaired) electrons. The molecule has 1 amide bonds. The molecule has 0 aliphatic carbocycles. The van der Waals surface area contributed by atoms with Crippen LogP contribution >= 0.6 is 40.7 Å². The summed E-state index contributed by atoms with van der Waals surface area (Å²) in [5.41, 5.74) is 0.548. The van der Waals surface area contributed by atoms with Crippen molar-refractivity contribution in [3.05, 3.63) is 52.6 Å². The van der Waals surface area contributed by atoms with E-state index in [-0.39, 0.29) is 36.8 Å². The van der Waals surface area contributed by atoms with Crippen molar-refractivity contribution in [1.29, 1.82) is 0 Å². The molecular weight excluding hydrogens is 429 g/mol. The fourth-order valence-corrected chi connectivity index (χ4v) is 2.70. The van der Waals surface area contributed by atoms with Gasteiger partial charge in [-0.3, -0.25) is 4.79 Å². The minimum atomic E-state index is -0.0837. The lowest BCUT2D eigenvalue weighted by molar-refractivity contribution is 0.0929. The van der Waals surface area contributed by atoms with Crippen molar-refractivity contribution in [2.75, 3.05) is 13.1 Å². The predicted molar refractivity (Wildman–Crippen MR) is 106 cm³/mol. The van der Waals surface area contributed by atoms with Gasteiger partial charge < -0.3 is 15.4 Å². The van der Waals surface area contributed by atoms with Crippen molar-refractivity contribution < 1.29 is 9.53 Å². The number of amides is 1. The molecule has 0 unspecified atom stereocenters. The first-order chi connectivity index (χ1) is 11.2. The fraction of sp³-hybridized carbons (Fsp3) is 0.294. The van der Waals surface area contributed by atoms with E-state index in [4.69, 9.17) is 4.74 Å². The quantitative estimate of drug-likeness (QED) is 0.742. The lowest BCUT2D eigenvalue weighted by atomic mass is 10.1. The molecule has 1 aliphatic heterocycles. The number of rotatable bonds is 4. The molecule has 1 fully saturated rings. The van der Waals surface area contributed by atoms with Crippen LogP contribution in [0.5, 0.6) is 11.6 Å². The zero-order valence-corrected chi connectivity index (χ0v) is 16.6. The molecular formula is C17H20BrCl2N3O2. The van der Waals surface area contributed by atoms with Crippen molar-refractivity contribution in [3.8, 4) is 11.6 Å². The first-order valence-electron chi connectivity index (χ1n) is 7.62. The molecule has 8 heteroatoms. The van der Waals surface area contributed by atoms with Crippen LogP contribution in [0.4, 0.5) is 0 Å². The van der Waals surface area contributed by atoms with Gasteiger partial charge in [-0.05, 0) is 56.3 Å². The monoisotopic (exact) mass is 447 g/mol. The van der Waals surface area contributed by atoms with E-state index in [0.717, 1.165) is 30.4 Å². The Morgan fingerprint density at radius 2 is 1.80 bits per heavy atom. The Bertz CT molecular complexity index is 663. The average Bonchev–Trinajstić information content (AvgIpc) is 2.58. The van der Waals surface area contributed by atoms with E-state index in [2.05, 4.69) is 31.5 Å². The second-order valence-corrected chi connectivity index (χ2v) is 6.35. The number of hydrogen-bond donors (Lipinski definition) is 2. The molecule has 0 spiro atoms. The smallest absolute Gasteiger partial charge is 0.253 e. The molecule has 25 heavy (non-hydrogen) atoms. The van der Waals surface area contributed by atoms with Gasteiger partial charge in [0.1, 0.15) is 5.75 Å². The Morgan fingerprint density at radius 3 is 2.40 bits per heavy atom. The minimum Gasteiger partial charge on any atom is -0.439 e. The summed E-state index contributed by atoms with van der Waals surface area (Å²) < 4.78 is 6.63. The van der Waals surface area contributed by atoms with Gasteiger partial charge in [-0.25, -0.2) is 4.98 Å². The van der Waals surface area contributed by atoms with Gasteiger partial charge in [-0.1, -0.05) is 15.9 Å². The van der Waals surface area contributed by atoms with Gasteiger partial charge in [0, 0.05) is 22.8 Å². The summed E-state index contributed by atoms with van der Waals surface area (Å²) in [6.07, 6.45) is 3.47. The van der Waals surface area contributed by atoms with Gasteiger partial charge >= 0.3 is 0 Å². The van der Waals surface area contributed by atoms with Crippen molar-refractivity contribution in [2.45, 2.75) is 18.9 Å². The second kappa shape index (κ2) is 10.6. The van der Waals surface area contributed by atoms with Gasteiger partial charge in [0.05, 0.1) is 5.56 Å². The highest BCUT2D eigenvalue weighted by Gasteiger charge is 2.16. The number of nitrogens with one attached hydrogen (secondary N) is 2.